The van der Waals surface area contributed by atoms with Crippen molar-refractivity contribution in [2.24, 2.45) is 5.92 Å². The van der Waals surface area contributed by atoms with Crippen LogP contribution in [0.4, 0.5) is 0 Å². The largest absolute Gasteiger partial charge is 0.309 e. The lowest BCUT2D eigenvalue weighted by molar-refractivity contribution is 0.249. The molecule has 0 amide bonds. The molecule has 0 aromatic heterocycles. The number of hydrogen-bond donors (Lipinski definition) is 1. The summed E-state index contributed by atoms with van der Waals surface area (Å²) in [5.41, 5.74) is 4.26. The van der Waals surface area contributed by atoms with Gasteiger partial charge in [-0.25, -0.2) is 0 Å². The first kappa shape index (κ1) is 16.5. The van der Waals surface area contributed by atoms with Crippen LogP contribution in [0.2, 0.25) is 0 Å². The Kier molecular flexibility index (Phi) is 6.25. The molecule has 0 saturated carbocycles. The van der Waals surface area contributed by atoms with Crippen LogP contribution in [0.15, 0.2) is 18.2 Å². The van der Waals surface area contributed by atoms with Crippen molar-refractivity contribution in [3.8, 4) is 0 Å². The highest BCUT2D eigenvalue weighted by atomic mass is 15.1. The molecule has 1 aliphatic rings. The second kappa shape index (κ2) is 7.95. The normalized spacial score (nSPS) is 22.0. The van der Waals surface area contributed by atoms with E-state index >= 15 is 0 Å². The molecule has 1 aliphatic heterocycles. The SMILES string of the molecule is CCNC(CN1CCCC(C)CC1)c1cc(C)ccc1C. The molecule has 0 aliphatic carbocycles. The minimum Gasteiger partial charge on any atom is -0.309 e. The molecule has 1 saturated heterocycles. The molecule has 2 atom stereocenters. The molecule has 2 rings (SSSR count). The van der Waals surface area contributed by atoms with Crippen molar-refractivity contribution < 1.29 is 0 Å². The average molecular weight is 288 g/mol. The van der Waals surface area contributed by atoms with Gasteiger partial charge in [0.25, 0.3) is 0 Å². The van der Waals surface area contributed by atoms with Gasteiger partial charge in [-0.3, -0.25) is 0 Å². The average Bonchev–Trinajstić information content (AvgIpc) is 2.66. The molecule has 118 valence electrons. The summed E-state index contributed by atoms with van der Waals surface area (Å²) in [6.07, 6.45) is 4.10. The van der Waals surface area contributed by atoms with Crippen LogP contribution >= 0.6 is 0 Å². The van der Waals surface area contributed by atoms with Crippen LogP contribution in [0, 0.1) is 19.8 Å². The molecular weight excluding hydrogens is 256 g/mol. The standard InChI is InChI=1S/C19H32N2/c1-5-20-19(18-13-16(3)8-9-17(18)4)14-21-11-6-7-15(2)10-12-21/h8-9,13,15,19-20H,5-7,10-12,14H2,1-4H3. The van der Waals surface area contributed by atoms with Crippen LogP contribution in [-0.2, 0) is 0 Å². The summed E-state index contributed by atoms with van der Waals surface area (Å²) in [4.78, 5) is 2.67. The van der Waals surface area contributed by atoms with E-state index in [9.17, 15) is 0 Å². The molecule has 2 heteroatoms. The fourth-order valence-electron chi connectivity index (χ4n) is 3.42. The van der Waals surface area contributed by atoms with Crippen LogP contribution in [-0.4, -0.2) is 31.1 Å². The van der Waals surface area contributed by atoms with Crippen LogP contribution in [0.5, 0.6) is 0 Å². The molecular formula is C19H32N2. The summed E-state index contributed by atoms with van der Waals surface area (Å²) >= 11 is 0. The van der Waals surface area contributed by atoms with Crippen molar-refractivity contribution >= 4 is 0 Å². The van der Waals surface area contributed by atoms with Gasteiger partial charge >= 0.3 is 0 Å². The summed E-state index contributed by atoms with van der Waals surface area (Å²) < 4.78 is 0. The Balaban J connectivity index is 2.09. The van der Waals surface area contributed by atoms with Gasteiger partial charge < -0.3 is 10.2 Å². The first-order valence-corrected chi connectivity index (χ1v) is 8.63. The quantitative estimate of drug-likeness (QED) is 0.878. The van der Waals surface area contributed by atoms with Gasteiger partial charge in [-0.1, -0.05) is 37.6 Å². The van der Waals surface area contributed by atoms with Crippen molar-refractivity contribution in [3.63, 3.8) is 0 Å². The predicted molar refractivity (Wildman–Crippen MR) is 91.8 cm³/mol. The van der Waals surface area contributed by atoms with Crippen LogP contribution in [0.3, 0.4) is 0 Å². The van der Waals surface area contributed by atoms with Gasteiger partial charge in [0.1, 0.15) is 0 Å². The van der Waals surface area contributed by atoms with Crippen LogP contribution in [0.25, 0.3) is 0 Å². The topological polar surface area (TPSA) is 15.3 Å². The Bertz CT molecular complexity index is 441. The monoisotopic (exact) mass is 288 g/mol. The maximum Gasteiger partial charge on any atom is 0.0451 e. The number of likely N-dealkylation sites (tertiary alicyclic amines) is 1. The molecule has 0 bridgehead atoms. The number of hydrogen-bond acceptors (Lipinski definition) is 2. The summed E-state index contributed by atoms with van der Waals surface area (Å²) in [5, 5.41) is 3.70. The van der Waals surface area contributed by atoms with Crippen molar-refractivity contribution in [2.45, 2.75) is 53.0 Å². The Morgan fingerprint density at radius 2 is 2.05 bits per heavy atom. The third kappa shape index (κ3) is 4.82. The molecule has 1 aromatic carbocycles. The molecule has 1 aromatic rings. The van der Waals surface area contributed by atoms with E-state index in [1.54, 1.807) is 0 Å². The Morgan fingerprint density at radius 1 is 1.24 bits per heavy atom. The number of benzene rings is 1. The van der Waals surface area contributed by atoms with E-state index in [1.165, 1.54) is 49.0 Å². The molecule has 0 spiro atoms. The van der Waals surface area contributed by atoms with Gasteiger partial charge in [0.15, 0.2) is 0 Å². The second-order valence-corrected chi connectivity index (χ2v) is 6.81. The Morgan fingerprint density at radius 3 is 2.81 bits per heavy atom. The molecule has 2 nitrogen and oxygen atoms in total. The lowest BCUT2D eigenvalue weighted by atomic mass is 9.98. The molecule has 1 heterocycles. The molecule has 1 N–H and O–H groups in total. The lowest BCUT2D eigenvalue weighted by Crippen LogP contribution is -2.36. The number of likely N-dealkylation sites (N-methyl/N-ethyl adjacent to an activating group) is 1. The van der Waals surface area contributed by atoms with Crippen LogP contribution < -0.4 is 5.32 Å². The molecule has 1 fully saturated rings. The van der Waals surface area contributed by atoms with Crippen LogP contribution in [0.1, 0.15) is 55.8 Å². The summed E-state index contributed by atoms with van der Waals surface area (Å²) in [5.74, 6) is 0.897. The second-order valence-electron chi connectivity index (χ2n) is 6.81. The van der Waals surface area contributed by atoms with Gasteiger partial charge in [-0.05, 0) is 69.8 Å². The zero-order valence-corrected chi connectivity index (χ0v) is 14.3. The molecule has 21 heavy (non-hydrogen) atoms. The first-order valence-electron chi connectivity index (χ1n) is 8.63. The lowest BCUT2D eigenvalue weighted by Gasteiger charge is -2.28. The minimum atomic E-state index is 0.461. The molecule has 0 radical (unpaired) electrons. The molecule has 2 unspecified atom stereocenters. The van der Waals surface area contributed by atoms with E-state index in [-0.39, 0.29) is 0 Å². The first-order chi connectivity index (χ1) is 10.1. The van der Waals surface area contributed by atoms with Gasteiger partial charge in [-0.15, -0.1) is 0 Å². The smallest absolute Gasteiger partial charge is 0.0451 e. The summed E-state index contributed by atoms with van der Waals surface area (Å²) in [6, 6.07) is 7.31. The van der Waals surface area contributed by atoms with Crippen molar-refractivity contribution in [1.29, 1.82) is 0 Å². The van der Waals surface area contributed by atoms with E-state index in [0.717, 1.165) is 19.0 Å². The summed E-state index contributed by atoms with van der Waals surface area (Å²) in [7, 11) is 0. The maximum absolute atomic E-state index is 3.70. The van der Waals surface area contributed by atoms with Crippen molar-refractivity contribution in [2.75, 3.05) is 26.2 Å². The Labute approximate surface area is 130 Å². The highest BCUT2D eigenvalue weighted by molar-refractivity contribution is 5.33. The van der Waals surface area contributed by atoms with Gasteiger partial charge in [0.2, 0.25) is 0 Å². The number of aryl methyl sites for hydroxylation is 2. The van der Waals surface area contributed by atoms with Crippen molar-refractivity contribution in [3.05, 3.63) is 34.9 Å². The van der Waals surface area contributed by atoms with Gasteiger partial charge in [0, 0.05) is 12.6 Å². The third-order valence-corrected chi connectivity index (χ3v) is 4.81. The van der Waals surface area contributed by atoms with E-state index in [2.05, 4.69) is 56.1 Å². The zero-order chi connectivity index (χ0) is 15.2. The van der Waals surface area contributed by atoms with E-state index < -0.39 is 0 Å². The van der Waals surface area contributed by atoms with E-state index in [4.69, 9.17) is 0 Å². The van der Waals surface area contributed by atoms with Gasteiger partial charge in [0.05, 0.1) is 0 Å². The highest BCUT2D eigenvalue weighted by Gasteiger charge is 2.19. The fourth-order valence-corrected chi connectivity index (χ4v) is 3.42. The fraction of sp³-hybridized carbons (Fsp3) is 0.684. The van der Waals surface area contributed by atoms with Gasteiger partial charge in [-0.2, -0.15) is 0 Å². The number of nitrogens with zero attached hydrogens (tertiary/aromatic N) is 1. The zero-order valence-electron chi connectivity index (χ0n) is 14.3. The number of rotatable bonds is 5. The Hall–Kier alpha value is -0.860. The minimum absolute atomic E-state index is 0.461. The maximum atomic E-state index is 3.70. The third-order valence-electron chi connectivity index (χ3n) is 4.81. The van der Waals surface area contributed by atoms with Crippen molar-refractivity contribution in [1.82, 2.24) is 10.2 Å². The predicted octanol–water partition coefficient (Wildman–Crippen LogP) is 4.08. The summed E-state index contributed by atoms with van der Waals surface area (Å²) in [6.45, 7) is 13.7. The highest BCUT2D eigenvalue weighted by Crippen LogP contribution is 2.23. The van der Waals surface area contributed by atoms with E-state index in [1.807, 2.05) is 0 Å². The van der Waals surface area contributed by atoms with E-state index in [0.29, 0.717) is 6.04 Å². The number of nitrogens with one attached hydrogen (secondary N) is 1.